The molecule has 0 aliphatic heterocycles. The van der Waals surface area contributed by atoms with Crippen molar-refractivity contribution < 1.29 is 0 Å². The van der Waals surface area contributed by atoms with Crippen molar-refractivity contribution in [2.45, 2.75) is 32.7 Å². The van der Waals surface area contributed by atoms with Crippen LogP contribution in [0, 0.1) is 0 Å². The van der Waals surface area contributed by atoms with Crippen LogP contribution >= 0.6 is 15.9 Å². The fourth-order valence-corrected chi connectivity index (χ4v) is 2.61. The zero-order valence-corrected chi connectivity index (χ0v) is 13.6. The summed E-state index contributed by atoms with van der Waals surface area (Å²) in [4.78, 5) is 0. The molecule has 2 aromatic rings. The fraction of sp³-hybridized carbons (Fsp3) is 0.438. The molecule has 2 rings (SSSR count). The Morgan fingerprint density at radius 2 is 2.15 bits per heavy atom. The molecule has 3 nitrogen and oxygen atoms in total. The van der Waals surface area contributed by atoms with Gasteiger partial charge in [0.1, 0.15) is 0 Å². The van der Waals surface area contributed by atoms with E-state index in [-0.39, 0.29) is 0 Å². The van der Waals surface area contributed by atoms with E-state index in [9.17, 15) is 0 Å². The lowest BCUT2D eigenvalue weighted by Crippen LogP contribution is -2.16. The number of nitrogens with zero attached hydrogens (tertiary/aromatic N) is 2. The van der Waals surface area contributed by atoms with Gasteiger partial charge in [0, 0.05) is 10.7 Å². The van der Waals surface area contributed by atoms with Crippen molar-refractivity contribution in [3.8, 4) is 0 Å². The minimum absolute atomic E-state index is 0.827. The van der Waals surface area contributed by atoms with Crippen molar-refractivity contribution in [3.63, 3.8) is 0 Å². The number of benzene rings is 1. The highest BCUT2D eigenvalue weighted by molar-refractivity contribution is 9.10. The second-order valence-electron chi connectivity index (χ2n) is 5.03. The van der Waals surface area contributed by atoms with Crippen molar-refractivity contribution in [2.75, 3.05) is 13.1 Å². The first-order valence-electron chi connectivity index (χ1n) is 7.24. The molecule has 0 atom stereocenters. The van der Waals surface area contributed by atoms with E-state index in [1.54, 1.807) is 0 Å². The van der Waals surface area contributed by atoms with Crippen molar-refractivity contribution in [1.82, 2.24) is 15.1 Å². The molecule has 0 spiro atoms. The van der Waals surface area contributed by atoms with Gasteiger partial charge in [0.15, 0.2) is 0 Å². The predicted molar refractivity (Wildman–Crippen MR) is 87.0 cm³/mol. The molecule has 20 heavy (non-hydrogen) atoms. The van der Waals surface area contributed by atoms with E-state index in [2.05, 4.69) is 57.7 Å². The second kappa shape index (κ2) is 8.22. The van der Waals surface area contributed by atoms with Crippen LogP contribution in [0.15, 0.2) is 41.1 Å². The fourth-order valence-electron chi connectivity index (χ4n) is 2.16. The third-order valence-electron chi connectivity index (χ3n) is 3.17. The molecule has 0 radical (unpaired) electrons. The zero-order chi connectivity index (χ0) is 14.2. The molecule has 0 saturated carbocycles. The average molecular weight is 336 g/mol. The Hall–Kier alpha value is -1.13. The molecular weight excluding hydrogens is 314 g/mol. The number of halogens is 1. The summed E-state index contributed by atoms with van der Waals surface area (Å²) in [6.07, 6.45) is 7.60. The molecule has 0 amide bonds. The van der Waals surface area contributed by atoms with Gasteiger partial charge in [-0.1, -0.05) is 35.0 Å². The number of rotatable bonds is 8. The summed E-state index contributed by atoms with van der Waals surface area (Å²) in [6, 6.07) is 8.36. The number of hydrogen-bond acceptors (Lipinski definition) is 2. The maximum atomic E-state index is 4.44. The van der Waals surface area contributed by atoms with E-state index in [1.165, 1.54) is 24.0 Å². The third-order valence-corrected chi connectivity index (χ3v) is 3.66. The highest BCUT2D eigenvalue weighted by Gasteiger charge is 2.00. The lowest BCUT2D eigenvalue weighted by atomic mass is 10.2. The first-order valence-corrected chi connectivity index (χ1v) is 8.03. The lowest BCUT2D eigenvalue weighted by molar-refractivity contribution is 0.639. The first kappa shape index (κ1) is 15.3. The van der Waals surface area contributed by atoms with Gasteiger partial charge in [-0.3, -0.25) is 4.68 Å². The highest BCUT2D eigenvalue weighted by Crippen LogP contribution is 2.13. The Labute approximate surface area is 129 Å². The van der Waals surface area contributed by atoms with E-state index < -0.39 is 0 Å². The van der Waals surface area contributed by atoms with E-state index in [0.717, 1.165) is 30.5 Å². The van der Waals surface area contributed by atoms with Crippen LogP contribution in [0.2, 0.25) is 0 Å². The Balaban J connectivity index is 1.80. The van der Waals surface area contributed by atoms with Gasteiger partial charge in [-0.2, -0.15) is 5.10 Å². The van der Waals surface area contributed by atoms with Gasteiger partial charge < -0.3 is 5.32 Å². The maximum Gasteiger partial charge on any atom is 0.0659 e. The van der Waals surface area contributed by atoms with Crippen LogP contribution in [0.4, 0.5) is 0 Å². The molecular formula is C16H22BrN3. The summed E-state index contributed by atoms with van der Waals surface area (Å²) in [5.41, 5.74) is 2.58. The van der Waals surface area contributed by atoms with Gasteiger partial charge in [-0.25, -0.2) is 0 Å². The smallest absolute Gasteiger partial charge is 0.0659 e. The van der Waals surface area contributed by atoms with Crippen LogP contribution in [0.5, 0.6) is 0 Å². The molecule has 0 aliphatic rings. The summed E-state index contributed by atoms with van der Waals surface area (Å²) in [6.45, 7) is 5.22. The minimum atomic E-state index is 0.827. The number of nitrogens with one attached hydrogen (secondary N) is 1. The quantitative estimate of drug-likeness (QED) is 0.746. The van der Waals surface area contributed by atoms with Crippen LogP contribution in [-0.4, -0.2) is 22.9 Å². The summed E-state index contributed by atoms with van der Waals surface area (Å²) < 4.78 is 3.13. The van der Waals surface area contributed by atoms with E-state index >= 15 is 0 Å². The number of aryl methyl sites for hydroxylation is 1. The van der Waals surface area contributed by atoms with Crippen LogP contribution in [-0.2, 0) is 13.0 Å². The van der Waals surface area contributed by atoms with Crippen molar-refractivity contribution in [2.24, 2.45) is 0 Å². The van der Waals surface area contributed by atoms with Crippen LogP contribution < -0.4 is 5.32 Å². The third kappa shape index (κ3) is 5.10. The van der Waals surface area contributed by atoms with Gasteiger partial charge >= 0.3 is 0 Å². The molecule has 0 unspecified atom stereocenters. The summed E-state index contributed by atoms with van der Waals surface area (Å²) in [5.74, 6) is 0. The average Bonchev–Trinajstić information content (AvgIpc) is 2.86. The topological polar surface area (TPSA) is 29.9 Å². The van der Waals surface area contributed by atoms with Gasteiger partial charge in [0.25, 0.3) is 0 Å². The lowest BCUT2D eigenvalue weighted by Gasteiger charge is -2.02. The Kier molecular flexibility index (Phi) is 6.27. The Bertz CT molecular complexity index is 522. The summed E-state index contributed by atoms with van der Waals surface area (Å²) in [5, 5.41) is 7.86. The van der Waals surface area contributed by atoms with Gasteiger partial charge in [0.2, 0.25) is 0 Å². The molecule has 1 heterocycles. The summed E-state index contributed by atoms with van der Waals surface area (Å²) >= 11 is 3.50. The van der Waals surface area contributed by atoms with Crippen LogP contribution in [0.1, 0.15) is 30.9 Å². The molecule has 0 aliphatic carbocycles. The first-order chi connectivity index (χ1) is 9.78. The normalized spacial score (nSPS) is 10.9. The SMILES string of the molecule is CCCNCCCc1cnn(Cc2cccc(Br)c2)c1. The van der Waals surface area contributed by atoms with E-state index in [1.807, 2.05) is 16.9 Å². The molecule has 1 aromatic carbocycles. The van der Waals surface area contributed by atoms with Crippen molar-refractivity contribution in [3.05, 3.63) is 52.3 Å². The molecule has 0 saturated heterocycles. The molecule has 4 heteroatoms. The zero-order valence-electron chi connectivity index (χ0n) is 12.0. The Morgan fingerprint density at radius 1 is 1.25 bits per heavy atom. The molecule has 0 fully saturated rings. The van der Waals surface area contributed by atoms with Crippen molar-refractivity contribution >= 4 is 15.9 Å². The largest absolute Gasteiger partial charge is 0.317 e. The molecule has 0 bridgehead atoms. The monoisotopic (exact) mass is 335 g/mol. The number of hydrogen-bond donors (Lipinski definition) is 1. The summed E-state index contributed by atoms with van der Waals surface area (Å²) in [7, 11) is 0. The van der Waals surface area contributed by atoms with Gasteiger partial charge in [-0.05, 0) is 55.6 Å². The van der Waals surface area contributed by atoms with Gasteiger partial charge in [-0.15, -0.1) is 0 Å². The highest BCUT2D eigenvalue weighted by atomic mass is 79.9. The predicted octanol–water partition coefficient (Wildman–Crippen LogP) is 3.63. The van der Waals surface area contributed by atoms with Crippen LogP contribution in [0.3, 0.4) is 0 Å². The van der Waals surface area contributed by atoms with Gasteiger partial charge in [0.05, 0.1) is 12.7 Å². The van der Waals surface area contributed by atoms with E-state index in [0.29, 0.717) is 0 Å². The van der Waals surface area contributed by atoms with Crippen LogP contribution in [0.25, 0.3) is 0 Å². The minimum Gasteiger partial charge on any atom is -0.317 e. The Morgan fingerprint density at radius 3 is 2.95 bits per heavy atom. The molecule has 108 valence electrons. The molecule has 1 aromatic heterocycles. The number of aromatic nitrogens is 2. The van der Waals surface area contributed by atoms with E-state index in [4.69, 9.17) is 0 Å². The van der Waals surface area contributed by atoms with Crippen molar-refractivity contribution in [1.29, 1.82) is 0 Å². The molecule has 1 N–H and O–H groups in total. The standard InChI is InChI=1S/C16H22BrN3/c1-2-8-18-9-4-6-15-11-19-20(13-15)12-14-5-3-7-16(17)10-14/h3,5,7,10-11,13,18H,2,4,6,8-9,12H2,1H3. The maximum absolute atomic E-state index is 4.44. The second-order valence-corrected chi connectivity index (χ2v) is 5.95.